The van der Waals surface area contributed by atoms with Crippen molar-refractivity contribution in [1.29, 1.82) is 0 Å². The molecule has 1 atom stereocenters. The summed E-state index contributed by atoms with van der Waals surface area (Å²) in [5.41, 5.74) is 1.50. The largest absolute Gasteiger partial charge is 0.392 e. The number of nitrogens with one attached hydrogen (secondary N) is 1. The summed E-state index contributed by atoms with van der Waals surface area (Å²) in [4.78, 5) is 0. The third-order valence-electron chi connectivity index (χ3n) is 2.56. The Morgan fingerprint density at radius 3 is 2.24 bits per heavy atom. The Morgan fingerprint density at radius 1 is 1.24 bits per heavy atom. The Kier molecular flexibility index (Phi) is 5.11. The number of aliphatic hydroxyl groups excluding tert-OH is 1. The number of hydrogen-bond donors (Lipinski definition) is 2. The van der Waals surface area contributed by atoms with E-state index in [1.807, 2.05) is 13.8 Å². The molecule has 0 spiro atoms. The molecule has 0 fully saturated rings. The molecule has 17 heavy (non-hydrogen) atoms. The summed E-state index contributed by atoms with van der Waals surface area (Å²) in [6.07, 6.45) is 0.767. The van der Waals surface area contributed by atoms with Gasteiger partial charge in [0.2, 0.25) is 10.0 Å². The summed E-state index contributed by atoms with van der Waals surface area (Å²) in [6, 6.07) is 6.86. The predicted molar refractivity (Wildman–Crippen MR) is 67.9 cm³/mol. The average molecular weight is 257 g/mol. The van der Waals surface area contributed by atoms with Crippen molar-refractivity contribution in [1.82, 2.24) is 4.72 Å². The summed E-state index contributed by atoms with van der Waals surface area (Å²) < 4.78 is 26.1. The van der Waals surface area contributed by atoms with E-state index >= 15 is 0 Å². The van der Waals surface area contributed by atoms with Gasteiger partial charge >= 0.3 is 0 Å². The molecule has 1 aromatic carbocycles. The molecule has 1 aromatic rings. The molecular formula is C12H19NO3S. The molecule has 1 unspecified atom stereocenters. The molecule has 1 rings (SSSR count). The highest BCUT2D eigenvalue weighted by Crippen LogP contribution is 2.08. The van der Waals surface area contributed by atoms with Crippen LogP contribution in [0, 0.1) is 0 Å². The number of aliphatic hydroxyl groups is 1. The lowest BCUT2D eigenvalue weighted by molar-refractivity contribution is 0.282. The Hall–Kier alpha value is -0.910. The number of benzene rings is 1. The molecule has 0 heterocycles. The van der Waals surface area contributed by atoms with Crippen molar-refractivity contribution < 1.29 is 13.5 Å². The second-order valence-electron chi connectivity index (χ2n) is 4.16. The van der Waals surface area contributed by atoms with E-state index in [2.05, 4.69) is 4.72 Å². The van der Waals surface area contributed by atoms with Gasteiger partial charge in [0.05, 0.1) is 12.4 Å². The highest BCUT2D eigenvalue weighted by Gasteiger charge is 2.13. The van der Waals surface area contributed by atoms with Gasteiger partial charge in [0.25, 0.3) is 0 Å². The van der Waals surface area contributed by atoms with E-state index in [0.717, 1.165) is 17.5 Å². The zero-order valence-corrected chi connectivity index (χ0v) is 11.0. The summed E-state index contributed by atoms with van der Waals surface area (Å²) >= 11 is 0. The normalized spacial score (nSPS) is 13.6. The molecule has 4 nitrogen and oxygen atoms in total. The molecule has 5 heteroatoms. The maximum atomic E-state index is 11.8. The minimum absolute atomic E-state index is 0.0248. The van der Waals surface area contributed by atoms with Crippen LogP contribution in [0.3, 0.4) is 0 Å². The monoisotopic (exact) mass is 257 g/mol. The maximum Gasteiger partial charge on any atom is 0.216 e. The topological polar surface area (TPSA) is 66.4 Å². The van der Waals surface area contributed by atoms with E-state index < -0.39 is 10.0 Å². The minimum Gasteiger partial charge on any atom is -0.392 e. The van der Waals surface area contributed by atoms with Gasteiger partial charge in [-0.1, -0.05) is 31.2 Å². The van der Waals surface area contributed by atoms with Gasteiger partial charge in [0, 0.05) is 6.04 Å². The van der Waals surface area contributed by atoms with Crippen molar-refractivity contribution in [3.63, 3.8) is 0 Å². The van der Waals surface area contributed by atoms with Crippen LogP contribution in [0.5, 0.6) is 0 Å². The molecular weight excluding hydrogens is 238 g/mol. The van der Waals surface area contributed by atoms with Crippen molar-refractivity contribution in [3.8, 4) is 0 Å². The first-order chi connectivity index (χ1) is 7.96. The molecule has 0 radical (unpaired) electrons. The van der Waals surface area contributed by atoms with Crippen molar-refractivity contribution in [3.05, 3.63) is 35.4 Å². The second kappa shape index (κ2) is 6.14. The van der Waals surface area contributed by atoms with Gasteiger partial charge in [-0.15, -0.1) is 0 Å². The third kappa shape index (κ3) is 4.85. The zero-order valence-electron chi connectivity index (χ0n) is 10.2. The van der Waals surface area contributed by atoms with E-state index in [1.54, 1.807) is 24.3 Å². The fourth-order valence-electron chi connectivity index (χ4n) is 1.39. The number of sulfonamides is 1. The molecule has 0 aliphatic carbocycles. The summed E-state index contributed by atoms with van der Waals surface area (Å²) in [5.74, 6) is -0.0248. The molecule has 96 valence electrons. The second-order valence-corrected chi connectivity index (χ2v) is 5.91. The van der Waals surface area contributed by atoms with Crippen LogP contribution in [0.15, 0.2) is 24.3 Å². The van der Waals surface area contributed by atoms with Crippen LogP contribution in [-0.2, 0) is 22.4 Å². The van der Waals surface area contributed by atoms with E-state index in [4.69, 9.17) is 5.11 Å². The first-order valence-electron chi connectivity index (χ1n) is 5.65. The van der Waals surface area contributed by atoms with Crippen LogP contribution < -0.4 is 4.72 Å². The van der Waals surface area contributed by atoms with Gasteiger partial charge in [-0.2, -0.15) is 0 Å². The van der Waals surface area contributed by atoms with E-state index in [9.17, 15) is 8.42 Å². The van der Waals surface area contributed by atoms with Crippen LogP contribution in [0.1, 0.15) is 31.4 Å². The quantitative estimate of drug-likeness (QED) is 0.809. The van der Waals surface area contributed by atoms with Crippen LogP contribution >= 0.6 is 0 Å². The Bertz CT molecular complexity index is 439. The summed E-state index contributed by atoms with van der Waals surface area (Å²) in [5, 5.41) is 8.88. The van der Waals surface area contributed by atoms with Gasteiger partial charge in [-0.05, 0) is 24.5 Å². The lowest BCUT2D eigenvalue weighted by Gasteiger charge is -2.12. The smallest absolute Gasteiger partial charge is 0.216 e. The van der Waals surface area contributed by atoms with Gasteiger partial charge in [-0.25, -0.2) is 13.1 Å². The van der Waals surface area contributed by atoms with Crippen molar-refractivity contribution in [2.45, 2.75) is 38.7 Å². The first kappa shape index (κ1) is 14.2. The highest BCUT2D eigenvalue weighted by molar-refractivity contribution is 7.88. The van der Waals surface area contributed by atoms with Crippen LogP contribution in [0.4, 0.5) is 0 Å². The fourth-order valence-corrected chi connectivity index (χ4v) is 2.89. The molecule has 0 aromatic heterocycles. The van der Waals surface area contributed by atoms with Crippen molar-refractivity contribution in [2.75, 3.05) is 0 Å². The standard InChI is InChI=1S/C12H19NO3S/c1-3-10(2)13-17(15,16)9-12-6-4-11(8-14)5-7-12/h4-7,10,13-14H,3,8-9H2,1-2H3. The van der Waals surface area contributed by atoms with Crippen molar-refractivity contribution >= 4 is 10.0 Å². The Balaban J connectivity index is 2.69. The molecule has 0 amide bonds. The number of hydrogen-bond acceptors (Lipinski definition) is 3. The first-order valence-corrected chi connectivity index (χ1v) is 7.30. The van der Waals surface area contributed by atoms with Gasteiger partial charge in [0.1, 0.15) is 0 Å². The fraction of sp³-hybridized carbons (Fsp3) is 0.500. The van der Waals surface area contributed by atoms with Crippen molar-refractivity contribution in [2.24, 2.45) is 0 Å². The van der Waals surface area contributed by atoms with Gasteiger partial charge in [-0.3, -0.25) is 0 Å². The molecule has 2 N–H and O–H groups in total. The Labute approximate surface area is 103 Å². The van der Waals surface area contributed by atoms with E-state index in [1.165, 1.54) is 0 Å². The van der Waals surface area contributed by atoms with E-state index in [0.29, 0.717) is 0 Å². The van der Waals surface area contributed by atoms with Crippen LogP contribution in [-0.4, -0.2) is 19.6 Å². The lowest BCUT2D eigenvalue weighted by Crippen LogP contribution is -2.32. The van der Waals surface area contributed by atoms with Crippen LogP contribution in [0.2, 0.25) is 0 Å². The molecule has 0 saturated carbocycles. The van der Waals surface area contributed by atoms with Gasteiger partial charge < -0.3 is 5.11 Å². The average Bonchev–Trinajstić information content (AvgIpc) is 2.28. The minimum atomic E-state index is -3.28. The predicted octanol–water partition coefficient (Wildman–Crippen LogP) is 1.40. The van der Waals surface area contributed by atoms with E-state index in [-0.39, 0.29) is 18.4 Å². The summed E-state index contributed by atoms with van der Waals surface area (Å²) in [6.45, 7) is 3.74. The maximum absolute atomic E-state index is 11.8. The molecule has 0 saturated heterocycles. The molecule has 0 bridgehead atoms. The molecule has 0 aliphatic heterocycles. The number of rotatable bonds is 6. The summed E-state index contributed by atoms with van der Waals surface area (Å²) in [7, 11) is -3.28. The lowest BCUT2D eigenvalue weighted by atomic mass is 10.2. The molecule has 0 aliphatic rings. The Morgan fingerprint density at radius 2 is 1.76 bits per heavy atom. The third-order valence-corrected chi connectivity index (χ3v) is 4.03. The van der Waals surface area contributed by atoms with Crippen LogP contribution in [0.25, 0.3) is 0 Å². The SMILES string of the molecule is CCC(C)NS(=O)(=O)Cc1ccc(CO)cc1. The highest BCUT2D eigenvalue weighted by atomic mass is 32.2. The zero-order chi connectivity index (χ0) is 12.9. The van der Waals surface area contributed by atoms with Gasteiger partial charge in [0.15, 0.2) is 0 Å².